The van der Waals surface area contributed by atoms with E-state index in [-0.39, 0.29) is 5.75 Å². The number of rotatable bonds is 6. The van der Waals surface area contributed by atoms with Crippen LogP contribution in [0.3, 0.4) is 0 Å². The van der Waals surface area contributed by atoms with Crippen molar-refractivity contribution in [1.82, 2.24) is 15.0 Å². The molecule has 0 atom stereocenters. The van der Waals surface area contributed by atoms with Crippen molar-refractivity contribution in [3.05, 3.63) is 24.0 Å². The minimum Gasteiger partial charge on any atom is -0.367 e. The van der Waals surface area contributed by atoms with E-state index in [1.807, 2.05) is 18.5 Å². The summed E-state index contributed by atoms with van der Waals surface area (Å²) < 4.78 is 24.3. The fourth-order valence-corrected chi connectivity index (χ4v) is 1.63. The molecule has 1 aromatic heterocycles. The molecular weight excluding hydrogens is 202 g/mol. The Bertz CT molecular complexity index is 345. The molecule has 3 N–H and O–H groups in total. The molecule has 80 valence electrons. The summed E-state index contributed by atoms with van der Waals surface area (Å²) in [5.74, 6) is 0.105. The highest BCUT2D eigenvalue weighted by Crippen LogP contribution is 1.94. The van der Waals surface area contributed by atoms with Crippen LogP contribution in [0.25, 0.3) is 0 Å². The van der Waals surface area contributed by atoms with Gasteiger partial charge in [-0.05, 0) is 18.7 Å². The van der Waals surface area contributed by atoms with Crippen LogP contribution in [0.1, 0.15) is 5.56 Å². The third-order valence-electron chi connectivity index (χ3n) is 1.85. The fraction of sp³-hybridized carbons (Fsp3) is 0.500. The molecule has 14 heavy (non-hydrogen) atoms. The van der Waals surface area contributed by atoms with Gasteiger partial charge in [-0.2, -0.15) is 0 Å². The average molecular weight is 217 g/mol. The zero-order valence-electron chi connectivity index (χ0n) is 8.08. The van der Waals surface area contributed by atoms with Crippen LogP contribution in [0.15, 0.2) is 18.5 Å². The van der Waals surface area contributed by atoms with Crippen molar-refractivity contribution in [2.75, 3.05) is 19.3 Å². The normalized spacial score (nSPS) is 11.8. The first-order valence-electron chi connectivity index (χ1n) is 4.37. The van der Waals surface area contributed by atoms with Gasteiger partial charge in [0.2, 0.25) is 10.0 Å². The lowest BCUT2D eigenvalue weighted by Crippen LogP contribution is -2.29. The summed E-state index contributed by atoms with van der Waals surface area (Å²) in [6.45, 7) is 1.14. The molecule has 0 unspecified atom stereocenters. The largest absolute Gasteiger partial charge is 0.367 e. The predicted molar refractivity (Wildman–Crippen MR) is 55.3 cm³/mol. The summed E-state index contributed by atoms with van der Waals surface area (Å²) in [6, 6.07) is 1.94. The van der Waals surface area contributed by atoms with Crippen molar-refractivity contribution >= 4 is 10.0 Å². The topological polar surface area (TPSA) is 74.0 Å². The van der Waals surface area contributed by atoms with E-state index in [1.54, 1.807) is 0 Å². The van der Waals surface area contributed by atoms with E-state index in [0.29, 0.717) is 13.1 Å². The van der Waals surface area contributed by atoms with Gasteiger partial charge in [0.1, 0.15) is 0 Å². The second-order valence-electron chi connectivity index (χ2n) is 2.92. The standard InChI is InChI=1S/C8H15N3O2S/c1-9-14(12,13)5-4-11-7-8-2-3-10-6-8/h2-3,6,9-11H,4-5,7H2,1H3. The van der Waals surface area contributed by atoms with Crippen LogP contribution >= 0.6 is 0 Å². The molecule has 0 saturated carbocycles. The molecule has 1 aromatic rings. The van der Waals surface area contributed by atoms with Crippen molar-refractivity contribution in [3.63, 3.8) is 0 Å². The minimum absolute atomic E-state index is 0.105. The molecule has 0 aliphatic rings. The number of hydrogen-bond acceptors (Lipinski definition) is 3. The Balaban J connectivity index is 2.17. The van der Waals surface area contributed by atoms with E-state index >= 15 is 0 Å². The molecule has 0 aliphatic carbocycles. The van der Waals surface area contributed by atoms with E-state index in [9.17, 15) is 8.42 Å². The van der Waals surface area contributed by atoms with Crippen LogP contribution in [-0.2, 0) is 16.6 Å². The number of aromatic nitrogens is 1. The molecule has 0 radical (unpaired) electrons. The average Bonchev–Trinajstić information content (AvgIpc) is 2.65. The molecule has 1 rings (SSSR count). The van der Waals surface area contributed by atoms with E-state index in [0.717, 1.165) is 5.56 Å². The Morgan fingerprint density at radius 3 is 2.86 bits per heavy atom. The second kappa shape index (κ2) is 5.14. The van der Waals surface area contributed by atoms with Gasteiger partial charge in [-0.1, -0.05) is 0 Å². The third kappa shape index (κ3) is 3.91. The van der Waals surface area contributed by atoms with Crippen molar-refractivity contribution in [1.29, 1.82) is 0 Å². The summed E-state index contributed by atoms with van der Waals surface area (Å²) in [5, 5.41) is 3.04. The maximum absolute atomic E-state index is 11.0. The number of H-pyrrole nitrogens is 1. The highest BCUT2D eigenvalue weighted by molar-refractivity contribution is 7.89. The molecule has 6 heteroatoms. The molecule has 1 heterocycles. The Kier molecular flexibility index (Phi) is 4.12. The molecule has 0 saturated heterocycles. The Morgan fingerprint density at radius 1 is 1.50 bits per heavy atom. The maximum atomic E-state index is 11.0. The third-order valence-corrected chi connectivity index (χ3v) is 3.21. The van der Waals surface area contributed by atoms with Gasteiger partial charge in [-0.25, -0.2) is 13.1 Å². The zero-order chi connectivity index (χ0) is 10.4. The first kappa shape index (κ1) is 11.2. The van der Waals surface area contributed by atoms with E-state index in [1.165, 1.54) is 7.05 Å². The Labute approximate surface area is 84.0 Å². The lowest BCUT2D eigenvalue weighted by Gasteiger charge is -2.03. The van der Waals surface area contributed by atoms with Gasteiger partial charge in [-0.15, -0.1) is 0 Å². The highest BCUT2D eigenvalue weighted by atomic mass is 32.2. The van der Waals surface area contributed by atoms with Crippen LogP contribution in [0.5, 0.6) is 0 Å². The summed E-state index contributed by atoms with van der Waals surface area (Å²) in [4.78, 5) is 2.93. The number of nitrogens with one attached hydrogen (secondary N) is 3. The monoisotopic (exact) mass is 217 g/mol. The quantitative estimate of drug-likeness (QED) is 0.570. The molecule has 0 spiro atoms. The van der Waals surface area contributed by atoms with Gasteiger partial charge in [0, 0.05) is 25.5 Å². The molecular formula is C8H15N3O2S. The number of sulfonamides is 1. The van der Waals surface area contributed by atoms with Crippen molar-refractivity contribution in [2.24, 2.45) is 0 Å². The molecule has 0 aliphatic heterocycles. The molecule has 0 fully saturated rings. The molecule has 0 amide bonds. The minimum atomic E-state index is -3.08. The van der Waals surface area contributed by atoms with Crippen LogP contribution in [0.2, 0.25) is 0 Å². The molecule has 0 aromatic carbocycles. The highest BCUT2D eigenvalue weighted by Gasteiger charge is 2.04. The zero-order valence-corrected chi connectivity index (χ0v) is 8.89. The van der Waals surface area contributed by atoms with Gasteiger partial charge >= 0.3 is 0 Å². The maximum Gasteiger partial charge on any atom is 0.212 e. The van der Waals surface area contributed by atoms with Crippen molar-refractivity contribution < 1.29 is 8.42 Å². The number of aromatic amines is 1. The number of hydrogen-bond donors (Lipinski definition) is 3. The van der Waals surface area contributed by atoms with Gasteiger partial charge in [-0.3, -0.25) is 0 Å². The molecule has 0 bridgehead atoms. The predicted octanol–water partition coefficient (Wildman–Crippen LogP) is -0.346. The lowest BCUT2D eigenvalue weighted by atomic mass is 10.3. The van der Waals surface area contributed by atoms with Gasteiger partial charge in [0.25, 0.3) is 0 Å². The smallest absolute Gasteiger partial charge is 0.212 e. The Morgan fingerprint density at radius 2 is 2.29 bits per heavy atom. The fourth-order valence-electron chi connectivity index (χ4n) is 1.01. The summed E-state index contributed by atoms with van der Waals surface area (Å²) >= 11 is 0. The molecule has 5 nitrogen and oxygen atoms in total. The summed E-state index contributed by atoms with van der Waals surface area (Å²) in [5.41, 5.74) is 1.12. The SMILES string of the molecule is CNS(=O)(=O)CCNCc1cc[nH]c1. The second-order valence-corrected chi connectivity index (χ2v) is 4.97. The van der Waals surface area contributed by atoms with Gasteiger partial charge in [0.05, 0.1) is 5.75 Å². The Hall–Kier alpha value is -0.850. The van der Waals surface area contributed by atoms with E-state index in [4.69, 9.17) is 0 Å². The van der Waals surface area contributed by atoms with Gasteiger partial charge < -0.3 is 10.3 Å². The van der Waals surface area contributed by atoms with Crippen LogP contribution < -0.4 is 10.0 Å². The van der Waals surface area contributed by atoms with E-state index < -0.39 is 10.0 Å². The van der Waals surface area contributed by atoms with Crippen LogP contribution in [-0.4, -0.2) is 32.7 Å². The van der Waals surface area contributed by atoms with Crippen LogP contribution in [0, 0.1) is 0 Å². The summed E-state index contributed by atoms with van der Waals surface area (Å²) in [6.07, 6.45) is 3.71. The first-order valence-corrected chi connectivity index (χ1v) is 6.03. The van der Waals surface area contributed by atoms with Gasteiger partial charge in [0.15, 0.2) is 0 Å². The van der Waals surface area contributed by atoms with Crippen LogP contribution in [0.4, 0.5) is 0 Å². The van der Waals surface area contributed by atoms with E-state index in [2.05, 4.69) is 15.0 Å². The van der Waals surface area contributed by atoms with Crippen molar-refractivity contribution in [3.8, 4) is 0 Å². The lowest BCUT2D eigenvalue weighted by molar-refractivity contribution is 0.583. The summed E-state index contributed by atoms with van der Waals surface area (Å²) in [7, 11) is -1.66. The first-order chi connectivity index (χ1) is 6.64. The van der Waals surface area contributed by atoms with Crippen molar-refractivity contribution in [2.45, 2.75) is 6.54 Å².